The monoisotopic (exact) mass is 471 g/mol. The first-order valence-electron chi connectivity index (χ1n) is 7.89. The van der Waals surface area contributed by atoms with E-state index in [1.54, 1.807) is 6.07 Å². The van der Waals surface area contributed by atoms with Gasteiger partial charge in [-0.05, 0) is 18.9 Å². The van der Waals surface area contributed by atoms with Crippen molar-refractivity contribution in [3.63, 3.8) is 0 Å². The van der Waals surface area contributed by atoms with E-state index in [0.29, 0.717) is 35.5 Å². The van der Waals surface area contributed by atoms with Gasteiger partial charge >= 0.3 is 6.61 Å². The van der Waals surface area contributed by atoms with Crippen molar-refractivity contribution in [2.45, 2.75) is 33.9 Å². The number of guanidine groups is 1. The normalized spacial score (nSPS) is 13.0. The predicted octanol–water partition coefficient (Wildman–Crippen LogP) is 3.35. The number of nitrogens with zero attached hydrogens (tertiary/aromatic N) is 1. The van der Waals surface area contributed by atoms with E-state index in [-0.39, 0.29) is 43.1 Å². The van der Waals surface area contributed by atoms with Gasteiger partial charge in [-0.25, -0.2) is 4.99 Å². The number of aliphatic imine (C=N–C) groups is 1. The highest BCUT2D eigenvalue weighted by Crippen LogP contribution is 2.38. The van der Waals surface area contributed by atoms with E-state index >= 15 is 0 Å². The van der Waals surface area contributed by atoms with Gasteiger partial charge in [0.15, 0.2) is 17.5 Å². The van der Waals surface area contributed by atoms with Gasteiger partial charge < -0.3 is 24.8 Å². The van der Waals surface area contributed by atoms with Gasteiger partial charge in [0.1, 0.15) is 5.75 Å². The smallest absolute Gasteiger partial charge is 0.387 e. The van der Waals surface area contributed by atoms with Crippen LogP contribution in [0.3, 0.4) is 0 Å². The summed E-state index contributed by atoms with van der Waals surface area (Å²) in [6.45, 7) is 4.91. The Bertz CT molecular complexity index is 586. The molecule has 1 aliphatic heterocycles. The maximum Gasteiger partial charge on any atom is 0.387 e. The van der Waals surface area contributed by atoms with Gasteiger partial charge in [0.2, 0.25) is 6.79 Å². The summed E-state index contributed by atoms with van der Waals surface area (Å²) in [7, 11) is 0. The Balaban J connectivity index is 0.00000312. The van der Waals surface area contributed by atoms with Crippen molar-refractivity contribution < 1.29 is 23.0 Å². The molecule has 0 saturated heterocycles. The fraction of sp³-hybridized carbons (Fsp3) is 0.562. The Morgan fingerprint density at radius 3 is 2.52 bits per heavy atom. The first-order chi connectivity index (χ1) is 11.5. The molecule has 25 heavy (non-hydrogen) atoms. The molecule has 2 N–H and O–H groups in total. The van der Waals surface area contributed by atoms with Gasteiger partial charge in [-0.3, -0.25) is 0 Å². The minimum Gasteiger partial charge on any atom is -0.454 e. The fourth-order valence-electron chi connectivity index (χ4n) is 2.10. The molecule has 0 amide bonds. The number of hydrogen-bond acceptors (Lipinski definition) is 4. The second-order valence-corrected chi connectivity index (χ2v) is 5.66. The van der Waals surface area contributed by atoms with E-state index in [0.717, 1.165) is 6.54 Å². The molecule has 0 fully saturated rings. The van der Waals surface area contributed by atoms with Crippen LogP contribution in [0, 0.1) is 5.92 Å². The average Bonchev–Trinajstić information content (AvgIpc) is 2.96. The van der Waals surface area contributed by atoms with Crippen LogP contribution in [-0.4, -0.2) is 32.5 Å². The summed E-state index contributed by atoms with van der Waals surface area (Å²) in [4.78, 5) is 4.42. The van der Waals surface area contributed by atoms with Crippen LogP contribution in [0.4, 0.5) is 8.78 Å². The third-order valence-corrected chi connectivity index (χ3v) is 3.20. The van der Waals surface area contributed by atoms with Crippen LogP contribution in [0.15, 0.2) is 17.1 Å². The number of rotatable bonds is 7. The molecule has 0 unspecified atom stereocenters. The Labute approximate surface area is 163 Å². The quantitative estimate of drug-likeness (QED) is 0.363. The molecule has 1 aromatic carbocycles. The van der Waals surface area contributed by atoms with Gasteiger partial charge in [0, 0.05) is 24.7 Å². The summed E-state index contributed by atoms with van der Waals surface area (Å²) in [5.74, 6) is 2.01. The minimum absolute atomic E-state index is 0. The number of halogens is 3. The highest BCUT2D eigenvalue weighted by molar-refractivity contribution is 14.0. The standard InChI is InChI=1S/C16H23F2N3O3.HI/c1-4-19-16(20-7-10(2)3)21-8-11-5-13-14(23-9-22-13)6-12(11)24-15(17)18;/h5-6,10,15H,4,7-9H2,1-3H3,(H2,19,20,21);1H. The van der Waals surface area contributed by atoms with Crippen molar-refractivity contribution in [3.05, 3.63) is 17.7 Å². The lowest BCUT2D eigenvalue weighted by Crippen LogP contribution is -2.39. The average molecular weight is 471 g/mol. The Morgan fingerprint density at radius 2 is 1.92 bits per heavy atom. The number of benzene rings is 1. The largest absolute Gasteiger partial charge is 0.454 e. The fourth-order valence-corrected chi connectivity index (χ4v) is 2.10. The van der Waals surface area contributed by atoms with Crippen molar-refractivity contribution in [1.29, 1.82) is 0 Å². The summed E-state index contributed by atoms with van der Waals surface area (Å²) < 4.78 is 40.3. The molecule has 0 spiro atoms. The highest BCUT2D eigenvalue weighted by Gasteiger charge is 2.20. The Hall–Kier alpha value is -1.52. The van der Waals surface area contributed by atoms with E-state index in [2.05, 4.69) is 34.2 Å². The minimum atomic E-state index is -2.92. The second-order valence-electron chi connectivity index (χ2n) is 5.66. The molecule has 6 nitrogen and oxygen atoms in total. The van der Waals surface area contributed by atoms with Gasteiger partial charge in [0.25, 0.3) is 0 Å². The number of ether oxygens (including phenoxy) is 3. The second kappa shape index (κ2) is 10.5. The molecular formula is C16H24F2IN3O3. The first kappa shape index (κ1) is 21.5. The zero-order chi connectivity index (χ0) is 17.5. The molecule has 0 saturated carbocycles. The molecule has 1 heterocycles. The third kappa shape index (κ3) is 6.71. The molecule has 0 aromatic heterocycles. The number of alkyl halides is 2. The lowest BCUT2D eigenvalue weighted by molar-refractivity contribution is -0.0505. The van der Waals surface area contributed by atoms with Crippen LogP contribution in [0.25, 0.3) is 0 Å². The molecule has 0 bridgehead atoms. The third-order valence-electron chi connectivity index (χ3n) is 3.20. The van der Waals surface area contributed by atoms with Gasteiger partial charge in [0.05, 0.1) is 6.54 Å². The molecule has 1 aromatic rings. The van der Waals surface area contributed by atoms with Crippen LogP contribution in [0.2, 0.25) is 0 Å². The zero-order valence-electron chi connectivity index (χ0n) is 14.5. The molecule has 0 atom stereocenters. The number of fused-ring (bicyclic) bond motifs is 1. The maximum absolute atomic E-state index is 12.6. The van der Waals surface area contributed by atoms with Gasteiger partial charge in [-0.15, -0.1) is 24.0 Å². The summed E-state index contributed by atoms with van der Waals surface area (Å²) in [5, 5.41) is 6.31. The van der Waals surface area contributed by atoms with E-state index < -0.39 is 6.61 Å². The van der Waals surface area contributed by atoms with E-state index in [9.17, 15) is 8.78 Å². The molecule has 142 valence electrons. The van der Waals surface area contributed by atoms with Crippen LogP contribution in [0.5, 0.6) is 17.2 Å². The lowest BCUT2D eigenvalue weighted by Gasteiger charge is -2.14. The lowest BCUT2D eigenvalue weighted by atomic mass is 10.1. The molecule has 0 aliphatic carbocycles. The van der Waals surface area contributed by atoms with E-state index in [1.807, 2.05) is 6.92 Å². The zero-order valence-corrected chi connectivity index (χ0v) is 16.8. The molecule has 9 heteroatoms. The van der Waals surface area contributed by atoms with Crippen molar-refractivity contribution >= 4 is 29.9 Å². The summed E-state index contributed by atoms with van der Waals surface area (Å²) in [5.41, 5.74) is 0.501. The van der Waals surface area contributed by atoms with Crippen LogP contribution < -0.4 is 24.8 Å². The van der Waals surface area contributed by atoms with Crippen LogP contribution in [0.1, 0.15) is 26.3 Å². The summed E-state index contributed by atoms with van der Waals surface area (Å²) in [6, 6.07) is 3.03. The molecule has 0 radical (unpaired) electrons. The SMILES string of the molecule is CCNC(=NCc1cc2c(cc1OC(F)F)OCO2)NCC(C)C.I. The van der Waals surface area contributed by atoms with Crippen LogP contribution >= 0.6 is 24.0 Å². The molecular weight excluding hydrogens is 447 g/mol. The highest BCUT2D eigenvalue weighted by atomic mass is 127. The topological polar surface area (TPSA) is 64.1 Å². The van der Waals surface area contributed by atoms with Crippen molar-refractivity contribution in [1.82, 2.24) is 10.6 Å². The first-order valence-corrected chi connectivity index (χ1v) is 7.89. The summed E-state index contributed by atoms with van der Waals surface area (Å²) >= 11 is 0. The molecule has 2 rings (SSSR count). The van der Waals surface area contributed by atoms with Gasteiger partial charge in [-0.1, -0.05) is 13.8 Å². The van der Waals surface area contributed by atoms with E-state index in [4.69, 9.17) is 9.47 Å². The van der Waals surface area contributed by atoms with E-state index in [1.165, 1.54) is 6.07 Å². The van der Waals surface area contributed by atoms with Crippen molar-refractivity contribution in [2.75, 3.05) is 19.9 Å². The predicted molar refractivity (Wildman–Crippen MR) is 102 cm³/mol. The maximum atomic E-state index is 12.6. The Kier molecular flexibility index (Phi) is 9.01. The Morgan fingerprint density at radius 1 is 1.24 bits per heavy atom. The van der Waals surface area contributed by atoms with Gasteiger partial charge in [-0.2, -0.15) is 8.78 Å². The number of hydrogen-bond donors (Lipinski definition) is 2. The number of nitrogens with one attached hydrogen (secondary N) is 2. The summed E-state index contributed by atoms with van der Waals surface area (Å²) in [6.07, 6.45) is 0. The van der Waals surface area contributed by atoms with Crippen LogP contribution in [-0.2, 0) is 6.54 Å². The molecule has 1 aliphatic rings. The van der Waals surface area contributed by atoms with Crippen molar-refractivity contribution in [2.24, 2.45) is 10.9 Å². The van der Waals surface area contributed by atoms with Crippen molar-refractivity contribution in [3.8, 4) is 17.2 Å².